The minimum absolute atomic E-state index is 0.519. The van der Waals surface area contributed by atoms with Crippen LogP contribution in [0.4, 0.5) is 0 Å². The first kappa shape index (κ1) is 15.0. The van der Waals surface area contributed by atoms with Gasteiger partial charge in [-0.15, -0.1) is 0 Å². The van der Waals surface area contributed by atoms with Crippen LogP contribution < -0.4 is 0 Å². The van der Waals surface area contributed by atoms with Crippen molar-refractivity contribution in [3.63, 3.8) is 0 Å². The molecular weight excluding hydrogens is 216 g/mol. The van der Waals surface area contributed by atoms with Gasteiger partial charge in [-0.1, -0.05) is 31.6 Å². The fourth-order valence-corrected chi connectivity index (χ4v) is 0.945. The van der Waals surface area contributed by atoms with Gasteiger partial charge in [-0.3, -0.25) is 4.99 Å². The second-order valence-corrected chi connectivity index (χ2v) is 4.35. The van der Waals surface area contributed by atoms with Crippen molar-refractivity contribution in [2.24, 2.45) is 10.9 Å². The zero-order valence-corrected chi connectivity index (χ0v) is 11.7. The van der Waals surface area contributed by atoms with E-state index in [9.17, 15) is 0 Å². The van der Waals surface area contributed by atoms with Crippen LogP contribution in [0.15, 0.2) is 28.5 Å². The number of rotatable bonds is 6. The summed E-state index contributed by atoms with van der Waals surface area (Å²) in [5.74, 6) is 0.519. The maximum atomic E-state index is 4.81. The Morgan fingerprint density at radius 3 is 2.50 bits per heavy atom. The molecule has 0 aliphatic carbocycles. The van der Waals surface area contributed by atoms with Crippen LogP contribution >= 0.6 is 12.2 Å². The highest BCUT2D eigenvalue weighted by atomic mass is 32.1. The first-order valence-corrected chi connectivity index (χ1v) is 6.05. The lowest BCUT2D eigenvalue weighted by atomic mass is 10.1. The normalized spacial score (nSPS) is 13.1. The van der Waals surface area contributed by atoms with Gasteiger partial charge in [0, 0.05) is 19.5 Å². The van der Waals surface area contributed by atoms with Gasteiger partial charge >= 0.3 is 0 Å². The lowest BCUT2D eigenvalue weighted by molar-refractivity contribution is 0.721. The number of aliphatic imine (C=N–C) groups is 1. The summed E-state index contributed by atoms with van der Waals surface area (Å²) in [6.07, 6.45) is 7.02. The van der Waals surface area contributed by atoms with Gasteiger partial charge in [0.05, 0.1) is 11.2 Å². The Hall–Kier alpha value is -0.960. The largest absolute Gasteiger partial charge is 0.348 e. The van der Waals surface area contributed by atoms with Crippen molar-refractivity contribution < 1.29 is 0 Å². The Kier molecular flexibility index (Phi) is 7.73. The standard InChI is InChI=1S/C13H22N2S/c1-6-12(4)9-14-13(11(2)3)7-8-15(5)10-16/h7-10,12H,6H2,1-5H3/b8-7-,14-9?. The number of thiocarbonyl (C=S) groups is 1. The fraction of sp³-hybridized carbons (Fsp3) is 0.538. The molecule has 16 heavy (non-hydrogen) atoms. The predicted molar refractivity (Wildman–Crippen MR) is 76.9 cm³/mol. The van der Waals surface area contributed by atoms with Crippen molar-refractivity contribution >= 4 is 23.9 Å². The van der Waals surface area contributed by atoms with Gasteiger partial charge in [-0.05, 0) is 32.3 Å². The van der Waals surface area contributed by atoms with E-state index in [-0.39, 0.29) is 0 Å². The average molecular weight is 238 g/mol. The van der Waals surface area contributed by atoms with E-state index in [2.05, 4.69) is 32.7 Å². The average Bonchev–Trinajstić information content (AvgIpc) is 2.27. The molecule has 0 saturated carbocycles. The van der Waals surface area contributed by atoms with Crippen molar-refractivity contribution in [3.05, 3.63) is 23.5 Å². The van der Waals surface area contributed by atoms with Gasteiger partial charge in [0.15, 0.2) is 0 Å². The van der Waals surface area contributed by atoms with E-state index in [4.69, 9.17) is 12.2 Å². The van der Waals surface area contributed by atoms with Gasteiger partial charge in [0.25, 0.3) is 0 Å². The highest BCUT2D eigenvalue weighted by Gasteiger charge is 1.95. The molecule has 0 fully saturated rings. The van der Waals surface area contributed by atoms with E-state index in [0.717, 1.165) is 12.1 Å². The third kappa shape index (κ3) is 6.51. The van der Waals surface area contributed by atoms with Crippen LogP contribution in [0, 0.1) is 5.92 Å². The van der Waals surface area contributed by atoms with Crippen LogP contribution in [-0.2, 0) is 0 Å². The quantitative estimate of drug-likeness (QED) is 0.397. The topological polar surface area (TPSA) is 15.6 Å². The summed E-state index contributed by atoms with van der Waals surface area (Å²) in [7, 11) is 1.91. The van der Waals surface area contributed by atoms with Gasteiger partial charge in [-0.2, -0.15) is 0 Å². The van der Waals surface area contributed by atoms with E-state index < -0.39 is 0 Å². The third-order valence-electron chi connectivity index (χ3n) is 2.26. The first-order valence-electron chi connectivity index (χ1n) is 5.58. The first-order chi connectivity index (χ1) is 7.51. The summed E-state index contributed by atoms with van der Waals surface area (Å²) in [6, 6.07) is 0. The molecule has 0 aliphatic rings. The lowest BCUT2D eigenvalue weighted by Crippen LogP contribution is -2.04. The summed E-state index contributed by atoms with van der Waals surface area (Å²) in [6.45, 7) is 8.45. The van der Waals surface area contributed by atoms with Crippen LogP contribution in [0.25, 0.3) is 0 Å². The zero-order valence-electron chi connectivity index (χ0n) is 10.9. The fourth-order valence-electron chi connectivity index (χ4n) is 0.875. The summed E-state index contributed by atoms with van der Waals surface area (Å²) in [4.78, 5) is 6.32. The summed E-state index contributed by atoms with van der Waals surface area (Å²) in [5.41, 5.74) is 3.80. The van der Waals surface area contributed by atoms with Crippen molar-refractivity contribution in [1.29, 1.82) is 0 Å². The molecule has 0 heterocycles. The Morgan fingerprint density at radius 1 is 1.44 bits per heavy atom. The lowest BCUT2D eigenvalue weighted by Gasteiger charge is -2.05. The predicted octanol–water partition coefficient (Wildman–Crippen LogP) is 3.80. The van der Waals surface area contributed by atoms with Crippen molar-refractivity contribution in [3.8, 4) is 0 Å². The molecule has 0 aromatic carbocycles. The van der Waals surface area contributed by atoms with Gasteiger partial charge < -0.3 is 4.90 Å². The smallest absolute Gasteiger partial charge is 0.0678 e. The van der Waals surface area contributed by atoms with Crippen LogP contribution in [-0.4, -0.2) is 23.7 Å². The Labute approximate surface area is 105 Å². The highest BCUT2D eigenvalue weighted by Crippen LogP contribution is 2.08. The second kappa shape index (κ2) is 8.22. The Balaban J connectivity index is 4.67. The van der Waals surface area contributed by atoms with Crippen molar-refractivity contribution in [2.75, 3.05) is 7.05 Å². The van der Waals surface area contributed by atoms with Gasteiger partial charge in [-0.25, -0.2) is 0 Å². The molecule has 0 bridgehead atoms. The summed E-state index contributed by atoms with van der Waals surface area (Å²) < 4.78 is 0. The van der Waals surface area contributed by atoms with Crippen molar-refractivity contribution in [2.45, 2.75) is 34.1 Å². The molecule has 0 amide bonds. The van der Waals surface area contributed by atoms with Crippen LogP contribution in [0.1, 0.15) is 34.1 Å². The maximum absolute atomic E-state index is 4.81. The molecule has 90 valence electrons. The van der Waals surface area contributed by atoms with Gasteiger partial charge in [0.2, 0.25) is 0 Å². The van der Waals surface area contributed by atoms with Crippen LogP contribution in [0.5, 0.6) is 0 Å². The molecule has 0 aliphatic heterocycles. The molecule has 0 saturated heterocycles. The monoisotopic (exact) mass is 238 g/mol. The molecule has 2 nitrogen and oxygen atoms in total. The molecule has 0 N–H and O–H groups in total. The molecule has 0 spiro atoms. The van der Waals surface area contributed by atoms with Crippen LogP contribution in [0.3, 0.4) is 0 Å². The molecule has 0 radical (unpaired) electrons. The number of nitrogens with zero attached hydrogens (tertiary/aromatic N) is 2. The van der Waals surface area contributed by atoms with Crippen LogP contribution in [0.2, 0.25) is 0 Å². The number of hydrogen-bond donors (Lipinski definition) is 0. The maximum Gasteiger partial charge on any atom is 0.0678 e. The van der Waals surface area contributed by atoms with E-state index in [1.165, 1.54) is 5.57 Å². The van der Waals surface area contributed by atoms with Gasteiger partial charge in [0.1, 0.15) is 0 Å². The summed E-state index contributed by atoms with van der Waals surface area (Å²) >= 11 is 4.81. The molecule has 1 unspecified atom stereocenters. The van der Waals surface area contributed by atoms with Crippen molar-refractivity contribution in [1.82, 2.24) is 4.90 Å². The van der Waals surface area contributed by atoms with E-state index >= 15 is 0 Å². The number of allylic oxidation sites excluding steroid dienone is 2. The SMILES string of the molecule is CCC(C)C=NC(/C=C\N(C)C=S)=C(C)C. The molecule has 1 atom stereocenters. The minimum Gasteiger partial charge on any atom is -0.348 e. The van der Waals surface area contributed by atoms with E-state index in [0.29, 0.717) is 5.92 Å². The highest BCUT2D eigenvalue weighted by molar-refractivity contribution is 7.78. The zero-order chi connectivity index (χ0) is 12.6. The molecule has 0 aromatic rings. The molecular formula is C13H22N2S. The Bertz CT molecular complexity index is 299. The van der Waals surface area contributed by atoms with E-state index in [1.807, 2.05) is 30.4 Å². The second-order valence-electron chi connectivity index (χ2n) is 4.14. The molecule has 3 heteroatoms. The minimum atomic E-state index is 0.519. The number of hydrogen-bond acceptors (Lipinski definition) is 2. The third-order valence-corrected chi connectivity index (χ3v) is 2.59. The molecule has 0 aromatic heterocycles. The molecule has 0 rings (SSSR count). The Morgan fingerprint density at radius 2 is 2.06 bits per heavy atom. The summed E-state index contributed by atoms with van der Waals surface area (Å²) in [5, 5.41) is 0. The van der Waals surface area contributed by atoms with E-state index in [1.54, 1.807) is 5.49 Å².